The van der Waals surface area contributed by atoms with Crippen LogP contribution in [0.15, 0.2) is 88.2 Å². The molecular weight excluding hydrogens is 444 g/mol. The van der Waals surface area contributed by atoms with Gasteiger partial charge in [-0.05, 0) is 61.0 Å². The molecule has 0 saturated carbocycles. The van der Waals surface area contributed by atoms with Gasteiger partial charge in [0.2, 0.25) is 5.89 Å². The third-order valence-electron chi connectivity index (χ3n) is 4.93. The first-order valence-electron chi connectivity index (χ1n) is 10.0. The predicted octanol–water partition coefficient (Wildman–Crippen LogP) is 5.54. The Morgan fingerprint density at radius 2 is 1.69 bits per heavy atom. The normalized spacial score (nSPS) is 11.8. The number of rotatable bonds is 7. The fraction of sp³-hybridized carbons (Fsp3) is 0.120. The van der Waals surface area contributed by atoms with E-state index in [0.29, 0.717) is 34.5 Å². The standard InChI is InChI=1S/C25H21ClN2O3S/c1-17-23(16-32(30)22-5-3-2-4-6-22)28-25(31-17)20-11-9-19(10-12-20)24(29)27-15-18-7-13-21(26)14-8-18/h2-14H,15-16H2,1H3,(H,27,29)/t32-/m1/s1. The van der Waals surface area contributed by atoms with Gasteiger partial charge in [0.15, 0.2) is 0 Å². The first kappa shape index (κ1) is 22.0. The van der Waals surface area contributed by atoms with E-state index in [0.717, 1.165) is 16.0 Å². The van der Waals surface area contributed by atoms with E-state index in [1.807, 2.05) is 49.4 Å². The van der Waals surface area contributed by atoms with Crippen LogP contribution in [0.3, 0.4) is 0 Å². The fourth-order valence-corrected chi connectivity index (χ4v) is 4.39. The first-order chi connectivity index (χ1) is 15.5. The number of carbonyl (C=O) groups excluding carboxylic acids is 1. The number of carbonyl (C=O) groups is 1. The Balaban J connectivity index is 1.41. The van der Waals surface area contributed by atoms with Gasteiger partial charge in [0, 0.05) is 27.6 Å². The monoisotopic (exact) mass is 464 g/mol. The number of aryl methyl sites for hydroxylation is 1. The molecule has 4 aromatic rings. The summed E-state index contributed by atoms with van der Waals surface area (Å²) in [5.74, 6) is 1.18. The maximum absolute atomic E-state index is 12.6. The van der Waals surface area contributed by atoms with E-state index in [1.54, 1.807) is 36.4 Å². The van der Waals surface area contributed by atoms with Crippen molar-refractivity contribution in [1.29, 1.82) is 0 Å². The zero-order chi connectivity index (χ0) is 22.5. The van der Waals surface area contributed by atoms with E-state index in [2.05, 4.69) is 10.3 Å². The highest BCUT2D eigenvalue weighted by atomic mass is 35.5. The maximum atomic E-state index is 12.6. The molecular formula is C25H21ClN2O3S. The Morgan fingerprint density at radius 1 is 1.00 bits per heavy atom. The van der Waals surface area contributed by atoms with E-state index < -0.39 is 10.8 Å². The SMILES string of the molecule is Cc1oc(-c2ccc(C(=O)NCc3ccc(Cl)cc3)cc2)nc1C[S@@](=O)c1ccccc1. The molecule has 1 aromatic heterocycles. The molecule has 1 atom stereocenters. The lowest BCUT2D eigenvalue weighted by atomic mass is 10.1. The molecule has 7 heteroatoms. The lowest BCUT2D eigenvalue weighted by Gasteiger charge is -2.06. The number of oxazole rings is 1. The molecule has 0 fully saturated rings. The molecule has 5 nitrogen and oxygen atoms in total. The van der Waals surface area contributed by atoms with Gasteiger partial charge < -0.3 is 9.73 Å². The third-order valence-corrected chi connectivity index (χ3v) is 6.51. The number of halogens is 1. The van der Waals surface area contributed by atoms with Crippen LogP contribution in [0.1, 0.15) is 27.4 Å². The number of hydrogen-bond donors (Lipinski definition) is 1. The highest BCUT2D eigenvalue weighted by Gasteiger charge is 2.15. The van der Waals surface area contributed by atoms with E-state index >= 15 is 0 Å². The molecule has 0 radical (unpaired) electrons. The van der Waals surface area contributed by atoms with Gasteiger partial charge in [-0.25, -0.2) is 4.98 Å². The number of nitrogens with one attached hydrogen (secondary N) is 1. The topological polar surface area (TPSA) is 72.2 Å². The molecule has 0 spiro atoms. The zero-order valence-corrected chi connectivity index (χ0v) is 19.0. The minimum atomic E-state index is -1.20. The van der Waals surface area contributed by atoms with Crippen molar-refractivity contribution in [2.75, 3.05) is 0 Å². The number of nitrogens with zero attached hydrogens (tertiary/aromatic N) is 1. The molecule has 0 aliphatic rings. The molecule has 162 valence electrons. The van der Waals surface area contributed by atoms with Gasteiger partial charge in [0.05, 0.1) is 22.2 Å². The van der Waals surface area contributed by atoms with Crippen LogP contribution in [-0.2, 0) is 23.1 Å². The average molecular weight is 465 g/mol. The summed E-state index contributed by atoms with van der Waals surface area (Å²) in [4.78, 5) is 17.7. The van der Waals surface area contributed by atoms with Crippen molar-refractivity contribution in [2.24, 2.45) is 0 Å². The summed E-state index contributed by atoms with van der Waals surface area (Å²) in [5.41, 5.74) is 2.91. The van der Waals surface area contributed by atoms with E-state index in [9.17, 15) is 9.00 Å². The minimum absolute atomic E-state index is 0.172. The zero-order valence-electron chi connectivity index (χ0n) is 17.4. The molecule has 1 amide bonds. The van der Waals surface area contributed by atoms with Gasteiger partial charge in [-0.2, -0.15) is 0 Å². The molecule has 1 N–H and O–H groups in total. The molecule has 3 aromatic carbocycles. The third kappa shape index (κ3) is 5.33. The van der Waals surface area contributed by atoms with Crippen LogP contribution in [-0.4, -0.2) is 15.1 Å². The second kappa shape index (κ2) is 9.94. The van der Waals surface area contributed by atoms with Gasteiger partial charge in [0.1, 0.15) is 5.76 Å². The van der Waals surface area contributed by atoms with E-state index in [4.69, 9.17) is 16.0 Å². The van der Waals surface area contributed by atoms with Crippen LogP contribution < -0.4 is 5.32 Å². The van der Waals surface area contributed by atoms with Gasteiger partial charge >= 0.3 is 0 Å². The maximum Gasteiger partial charge on any atom is 0.251 e. The minimum Gasteiger partial charge on any atom is -0.441 e. The van der Waals surface area contributed by atoms with Crippen LogP contribution in [0, 0.1) is 6.92 Å². The lowest BCUT2D eigenvalue weighted by molar-refractivity contribution is 0.0951. The van der Waals surface area contributed by atoms with Crippen molar-refractivity contribution < 1.29 is 13.4 Å². The van der Waals surface area contributed by atoms with Crippen LogP contribution in [0.2, 0.25) is 5.02 Å². The Kier molecular flexibility index (Phi) is 6.83. The van der Waals surface area contributed by atoms with Crippen molar-refractivity contribution in [3.8, 4) is 11.5 Å². The summed E-state index contributed by atoms with van der Waals surface area (Å²) in [6.45, 7) is 2.23. The summed E-state index contributed by atoms with van der Waals surface area (Å²) in [7, 11) is -1.20. The molecule has 32 heavy (non-hydrogen) atoms. The Bertz CT molecular complexity index is 1240. The summed E-state index contributed by atoms with van der Waals surface area (Å²) in [5, 5.41) is 3.55. The van der Waals surface area contributed by atoms with Crippen molar-refractivity contribution >= 4 is 28.3 Å². The van der Waals surface area contributed by atoms with Gasteiger partial charge in [-0.15, -0.1) is 0 Å². The summed E-state index contributed by atoms with van der Waals surface area (Å²) in [6.07, 6.45) is 0. The second-order valence-corrected chi connectivity index (χ2v) is 9.10. The molecule has 4 rings (SSSR count). The number of aromatic nitrogens is 1. The molecule has 0 aliphatic carbocycles. The van der Waals surface area contributed by atoms with Crippen molar-refractivity contribution in [1.82, 2.24) is 10.3 Å². The molecule has 0 saturated heterocycles. The number of amides is 1. The van der Waals surface area contributed by atoms with Crippen LogP contribution >= 0.6 is 11.6 Å². The van der Waals surface area contributed by atoms with Crippen LogP contribution in [0.4, 0.5) is 0 Å². The Hall–Kier alpha value is -3.22. The van der Waals surface area contributed by atoms with E-state index in [-0.39, 0.29) is 11.7 Å². The Labute approximate surface area is 193 Å². The largest absolute Gasteiger partial charge is 0.441 e. The summed E-state index contributed by atoms with van der Waals surface area (Å²) < 4.78 is 18.4. The molecule has 0 aliphatic heterocycles. The first-order valence-corrected chi connectivity index (χ1v) is 11.7. The summed E-state index contributed by atoms with van der Waals surface area (Å²) in [6, 6.07) is 23.7. The number of benzene rings is 3. The fourth-order valence-electron chi connectivity index (χ4n) is 3.12. The lowest BCUT2D eigenvalue weighted by Crippen LogP contribution is -2.22. The quantitative estimate of drug-likeness (QED) is 0.389. The molecule has 0 bridgehead atoms. The van der Waals surface area contributed by atoms with Crippen LogP contribution in [0.25, 0.3) is 11.5 Å². The predicted molar refractivity (Wildman–Crippen MR) is 126 cm³/mol. The molecule has 0 unspecified atom stereocenters. The van der Waals surface area contributed by atoms with Crippen molar-refractivity contribution in [3.63, 3.8) is 0 Å². The number of hydrogen-bond acceptors (Lipinski definition) is 4. The highest BCUT2D eigenvalue weighted by molar-refractivity contribution is 7.84. The smallest absolute Gasteiger partial charge is 0.251 e. The van der Waals surface area contributed by atoms with Crippen LogP contribution in [0.5, 0.6) is 0 Å². The second-order valence-electron chi connectivity index (χ2n) is 7.21. The molecule has 1 heterocycles. The van der Waals surface area contributed by atoms with E-state index in [1.165, 1.54) is 0 Å². The average Bonchev–Trinajstić information content (AvgIpc) is 3.19. The summed E-state index contributed by atoms with van der Waals surface area (Å²) >= 11 is 5.88. The van der Waals surface area contributed by atoms with Crippen molar-refractivity contribution in [2.45, 2.75) is 24.1 Å². The Morgan fingerprint density at radius 3 is 2.38 bits per heavy atom. The highest BCUT2D eigenvalue weighted by Crippen LogP contribution is 2.24. The van der Waals surface area contributed by atoms with Gasteiger partial charge in [-0.1, -0.05) is 41.9 Å². The van der Waals surface area contributed by atoms with Gasteiger partial charge in [-0.3, -0.25) is 9.00 Å². The van der Waals surface area contributed by atoms with Crippen molar-refractivity contribution in [3.05, 3.63) is 106 Å². The van der Waals surface area contributed by atoms with Gasteiger partial charge in [0.25, 0.3) is 5.91 Å².